The standard InChI is InChI=1S/C28H36O6/c1-16(2)6-8-18-23(31-14-29-5)11-10-19-25(18)30-13-22-21-12-24-28(33-15-32-24)20(9-7-17(3)4)26(21)34-27(19)22/h10-12,16-17,22,27H,6-9,13-15H2,1-5H3/t22-,27-/m0/s1. The molecule has 0 amide bonds. The molecule has 2 aromatic carbocycles. The summed E-state index contributed by atoms with van der Waals surface area (Å²) in [4.78, 5) is 0. The second-order valence-electron chi connectivity index (χ2n) is 10.3. The molecule has 0 unspecified atom stereocenters. The fourth-order valence-electron chi connectivity index (χ4n) is 5.14. The van der Waals surface area contributed by atoms with Gasteiger partial charge >= 0.3 is 0 Å². The van der Waals surface area contributed by atoms with Gasteiger partial charge in [-0.2, -0.15) is 0 Å². The Bertz CT molecular complexity index is 1040. The van der Waals surface area contributed by atoms with Crippen molar-refractivity contribution in [1.82, 2.24) is 0 Å². The van der Waals surface area contributed by atoms with E-state index >= 15 is 0 Å². The van der Waals surface area contributed by atoms with Crippen LogP contribution in [-0.4, -0.2) is 27.3 Å². The van der Waals surface area contributed by atoms with E-state index in [4.69, 9.17) is 28.4 Å². The number of ether oxygens (including phenoxy) is 6. The zero-order chi connectivity index (χ0) is 23.8. The fraction of sp³-hybridized carbons (Fsp3) is 0.571. The summed E-state index contributed by atoms with van der Waals surface area (Å²) in [6.45, 7) is 10.0. The van der Waals surface area contributed by atoms with Gasteiger partial charge in [0.2, 0.25) is 6.79 Å². The van der Waals surface area contributed by atoms with Crippen molar-refractivity contribution in [2.75, 3.05) is 27.3 Å². The second kappa shape index (κ2) is 9.57. The van der Waals surface area contributed by atoms with Crippen LogP contribution < -0.4 is 23.7 Å². The van der Waals surface area contributed by atoms with Gasteiger partial charge in [-0.05, 0) is 55.7 Å². The van der Waals surface area contributed by atoms with Crippen molar-refractivity contribution < 1.29 is 28.4 Å². The molecule has 0 bridgehead atoms. The Labute approximate surface area is 202 Å². The van der Waals surface area contributed by atoms with Gasteiger partial charge in [0.1, 0.15) is 23.4 Å². The van der Waals surface area contributed by atoms with Gasteiger partial charge in [-0.25, -0.2) is 0 Å². The maximum Gasteiger partial charge on any atom is 0.231 e. The first-order valence-corrected chi connectivity index (χ1v) is 12.5. The highest BCUT2D eigenvalue weighted by atomic mass is 16.7. The molecular weight excluding hydrogens is 432 g/mol. The predicted molar refractivity (Wildman–Crippen MR) is 129 cm³/mol. The number of benzene rings is 2. The molecule has 5 rings (SSSR count). The van der Waals surface area contributed by atoms with Crippen molar-refractivity contribution >= 4 is 0 Å². The van der Waals surface area contributed by atoms with Crippen LogP contribution in [0.5, 0.6) is 28.7 Å². The minimum absolute atomic E-state index is 0.0895. The monoisotopic (exact) mass is 468 g/mol. The molecule has 0 saturated heterocycles. The van der Waals surface area contributed by atoms with E-state index in [1.807, 2.05) is 6.07 Å². The average molecular weight is 469 g/mol. The third-order valence-electron chi connectivity index (χ3n) is 6.99. The molecule has 34 heavy (non-hydrogen) atoms. The van der Waals surface area contributed by atoms with Gasteiger partial charge in [0.25, 0.3) is 0 Å². The quantitative estimate of drug-likeness (QED) is 0.409. The molecule has 0 fully saturated rings. The number of methoxy groups -OCH3 is 1. The number of rotatable bonds is 9. The lowest BCUT2D eigenvalue weighted by Crippen LogP contribution is -2.24. The van der Waals surface area contributed by atoms with Crippen molar-refractivity contribution in [3.8, 4) is 28.7 Å². The van der Waals surface area contributed by atoms with Gasteiger partial charge in [0.05, 0.1) is 12.5 Å². The molecule has 3 heterocycles. The SMILES string of the molecule is COCOc1ccc2c(c1CCC(C)C)OC[C@H]1c3cc4c(c(CCC(C)C)c3O[C@@H]21)OCO4. The summed E-state index contributed by atoms with van der Waals surface area (Å²) in [5.41, 5.74) is 4.50. The molecule has 3 aliphatic rings. The van der Waals surface area contributed by atoms with Gasteiger partial charge < -0.3 is 28.4 Å². The first-order chi connectivity index (χ1) is 16.5. The second-order valence-corrected chi connectivity index (χ2v) is 10.3. The average Bonchev–Trinajstić information content (AvgIpc) is 3.43. The Morgan fingerprint density at radius 2 is 1.65 bits per heavy atom. The Morgan fingerprint density at radius 3 is 2.38 bits per heavy atom. The normalized spacial score (nSPS) is 19.5. The van der Waals surface area contributed by atoms with Gasteiger partial charge in [0, 0.05) is 29.4 Å². The molecule has 3 aliphatic heterocycles. The number of hydrogen-bond donors (Lipinski definition) is 0. The van der Waals surface area contributed by atoms with Crippen molar-refractivity contribution in [2.45, 2.75) is 65.4 Å². The molecule has 6 heteroatoms. The minimum Gasteiger partial charge on any atom is -0.492 e. The van der Waals surface area contributed by atoms with Crippen LogP contribution >= 0.6 is 0 Å². The summed E-state index contributed by atoms with van der Waals surface area (Å²) in [5.74, 6) is 5.67. The van der Waals surface area contributed by atoms with E-state index in [0.29, 0.717) is 18.4 Å². The van der Waals surface area contributed by atoms with Gasteiger partial charge in [-0.15, -0.1) is 0 Å². The molecule has 0 radical (unpaired) electrons. The Kier molecular flexibility index (Phi) is 6.52. The molecule has 0 spiro atoms. The van der Waals surface area contributed by atoms with E-state index in [1.54, 1.807) is 7.11 Å². The van der Waals surface area contributed by atoms with E-state index in [0.717, 1.165) is 71.1 Å². The predicted octanol–water partition coefficient (Wildman–Crippen LogP) is 6.18. The maximum absolute atomic E-state index is 6.75. The topological polar surface area (TPSA) is 55.4 Å². The Balaban J connectivity index is 1.52. The number of fused-ring (bicyclic) bond motifs is 6. The molecule has 0 aromatic heterocycles. The molecule has 6 nitrogen and oxygen atoms in total. The van der Waals surface area contributed by atoms with E-state index in [-0.39, 0.29) is 25.6 Å². The highest BCUT2D eigenvalue weighted by Gasteiger charge is 2.44. The zero-order valence-corrected chi connectivity index (χ0v) is 20.9. The largest absolute Gasteiger partial charge is 0.492 e. The molecule has 2 aromatic rings. The lowest BCUT2D eigenvalue weighted by molar-refractivity contribution is 0.0497. The summed E-state index contributed by atoms with van der Waals surface area (Å²) >= 11 is 0. The van der Waals surface area contributed by atoms with Gasteiger partial charge in [-0.1, -0.05) is 27.7 Å². The summed E-state index contributed by atoms with van der Waals surface area (Å²) in [5, 5.41) is 0. The van der Waals surface area contributed by atoms with E-state index < -0.39 is 0 Å². The molecule has 184 valence electrons. The van der Waals surface area contributed by atoms with Crippen LogP contribution in [0.25, 0.3) is 0 Å². The molecule has 2 atom stereocenters. The van der Waals surface area contributed by atoms with Crippen LogP contribution in [0.1, 0.15) is 74.8 Å². The van der Waals surface area contributed by atoms with Crippen LogP contribution in [0.4, 0.5) is 0 Å². The zero-order valence-electron chi connectivity index (χ0n) is 20.9. The van der Waals surface area contributed by atoms with Crippen molar-refractivity contribution in [1.29, 1.82) is 0 Å². The third kappa shape index (κ3) is 4.17. The molecule has 0 aliphatic carbocycles. The van der Waals surface area contributed by atoms with Crippen molar-refractivity contribution in [2.24, 2.45) is 11.8 Å². The van der Waals surface area contributed by atoms with E-state index in [9.17, 15) is 0 Å². The smallest absolute Gasteiger partial charge is 0.231 e. The lowest BCUT2D eigenvalue weighted by atomic mass is 9.86. The van der Waals surface area contributed by atoms with Gasteiger partial charge in [-0.3, -0.25) is 0 Å². The molecule has 0 saturated carbocycles. The highest BCUT2D eigenvalue weighted by molar-refractivity contribution is 5.64. The van der Waals surface area contributed by atoms with Crippen LogP contribution in [0.3, 0.4) is 0 Å². The first kappa shape index (κ1) is 23.2. The van der Waals surface area contributed by atoms with Crippen LogP contribution in [-0.2, 0) is 17.6 Å². The lowest BCUT2D eigenvalue weighted by Gasteiger charge is -2.30. The first-order valence-electron chi connectivity index (χ1n) is 12.5. The summed E-state index contributed by atoms with van der Waals surface area (Å²) in [6, 6.07) is 6.24. The van der Waals surface area contributed by atoms with Crippen LogP contribution in [0, 0.1) is 11.8 Å². The molecular formula is C28H36O6. The summed E-state index contributed by atoms with van der Waals surface area (Å²) in [6.07, 6.45) is 3.83. The third-order valence-corrected chi connectivity index (χ3v) is 6.99. The fourth-order valence-corrected chi connectivity index (χ4v) is 5.14. The van der Waals surface area contributed by atoms with Crippen molar-refractivity contribution in [3.63, 3.8) is 0 Å². The summed E-state index contributed by atoms with van der Waals surface area (Å²) < 4.78 is 36.0. The maximum atomic E-state index is 6.75. The summed E-state index contributed by atoms with van der Waals surface area (Å²) in [7, 11) is 1.64. The van der Waals surface area contributed by atoms with E-state index in [1.165, 1.54) is 5.56 Å². The molecule has 0 N–H and O–H groups in total. The highest BCUT2D eigenvalue weighted by Crippen LogP contribution is 2.57. The van der Waals surface area contributed by atoms with Crippen LogP contribution in [0.15, 0.2) is 18.2 Å². The Morgan fingerprint density at radius 1 is 0.882 bits per heavy atom. The minimum atomic E-state index is -0.0895. The Hall–Kier alpha value is -2.60. The van der Waals surface area contributed by atoms with E-state index in [2.05, 4.69) is 39.8 Å². The van der Waals surface area contributed by atoms with Crippen molar-refractivity contribution in [3.05, 3.63) is 40.5 Å². The number of hydrogen-bond acceptors (Lipinski definition) is 6. The van der Waals surface area contributed by atoms with Gasteiger partial charge in [0.15, 0.2) is 18.3 Å². The van der Waals surface area contributed by atoms with Crippen LogP contribution in [0.2, 0.25) is 0 Å².